The minimum Gasteiger partial charge on any atom is -0.489 e. The van der Waals surface area contributed by atoms with E-state index in [0.717, 1.165) is 0 Å². The first-order valence-electron chi connectivity index (χ1n) is 7.95. The van der Waals surface area contributed by atoms with E-state index in [1.807, 2.05) is 0 Å². The first-order chi connectivity index (χ1) is 12.9. The number of carbonyl (C=O) groups is 2. The summed E-state index contributed by atoms with van der Waals surface area (Å²) in [4.78, 5) is 41.8. The maximum absolute atomic E-state index is 11.6. The summed E-state index contributed by atoms with van der Waals surface area (Å²) >= 11 is 0. The maximum atomic E-state index is 11.6. The van der Waals surface area contributed by atoms with Crippen molar-refractivity contribution in [1.29, 1.82) is 0 Å². The quantitative estimate of drug-likeness (QED) is 0.360. The van der Waals surface area contributed by atoms with E-state index in [0.29, 0.717) is 12.3 Å². The van der Waals surface area contributed by atoms with Crippen LogP contribution in [0.3, 0.4) is 0 Å². The van der Waals surface area contributed by atoms with Crippen molar-refractivity contribution in [1.82, 2.24) is 14.9 Å². The van der Waals surface area contributed by atoms with E-state index in [1.54, 1.807) is 0 Å². The monoisotopic (exact) mass is 378 g/mol. The number of rotatable bonds is 9. The van der Waals surface area contributed by atoms with Gasteiger partial charge in [-0.25, -0.2) is 9.97 Å². The Morgan fingerprint density at radius 3 is 2.41 bits per heavy atom. The third kappa shape index (κ3) is 6.06. The molecule has 0 saturated carbocycles. The van der Waals surface area contributed by atoms with E-state index in [1.165, 1.54) is 43.3 Å². The molecule has 0 radical (unpaired) electrons. The molecule has 2 rings (SSSR count). The number of nitrogens with zero attached hydrogens (tertiary/aromatic N) is 4. The SMILES string of the molecule is CC(=O)OCCN(CCOc1cnc(-c2ccc([N+](=O)[O-])o2)nc1)C(C)=O. The molecule has 0 bridgehead atoms. The number of carbonyl (C=O) groups excluding carboxylic acids is 2. The van der Waals surface area contributed by atoms with E-state index in [-0.39, 0.29) is 37.3 Å². The fraction of sp³-hybridized carbons (Fsp3) is 0.375. The molecule has 11 heteroatoms. The van der Waals surface area contributed by atoms with Crippen molar-refractivity contribution in [3.05, 3.63) is 34.6 Å². The molecule has 0 N–H and O–H groups in total. The number of ether oxygens (including phenoxy) is 2. The molecular weight excluding hydrogens is 360 g/mol. The maximum Gasteiger partial charge on any atom is 0.433 e. The Balaban J connectivity index is 1.85. The van der Waals surface area contributed by atoms with Crippen LogP contribution < -0.4 is 4.74 Å². The molecule has 0 aliphatic rings. The van der Waals surface area contributed by atoms with Crippen molar-refractivity contribution in [2.75, 3.05) is 26.3 Å². The summed E-state index contributed by atoms with van der Waals surface area (Å²) in [7, 11) is 0. The van der Waals surface area contributed by atoms with Gasteiger partial charge in [-0.05, 0) is 6.07 Å². The largest absolute Gasteiger partial charge is 0.489 e. The molecule has 0 aliphatic carbocycles. The fourth-order valence-electron chi connectivity index (χ4n) is 2.06. The summed E-state index contributed by atoms with van der Waals surface area (Å²) in [5, 5.41) is 10.6. The molecule has 0 atom stereocenters. The Kier molecular flexibility index (Phi) is 6.80. The van der Waals surface area contributed by atoms with Gasteiger partial charge in [-0.15, -0.1) is 0 Å². The molecule has 11 nitrogen and oxygen atoms in total. The summed E-state index contributed by atoms with van der Waals surface area (Å²) in [6.07, 6.45) is 2.79. The first-order valence-corrected chi connectivity index (χ1v) is 7.95. The lowest BCUT2D eigenvalue weighted by Gasteiger charge is -2.20. The zero-order valence-corrected chi connectivity index (χ0v) is 14.8. The van der Waals surface area contributed by atoms with Crippen LogP contribution in [0.1, 0.15) is 13.8 Å². The average Bonchev–Trinajstić information content (AvgIpc) is 3.11. The number of hydrogen-bond acceptors (Lipinski definition) is 9. The summed E-state index contributed by atoms with van der Waals surface area (Å²) in [6, 6.07) is 2.62. The molecule has 1 amide bonds. The van der Waals surface area contributed by atoms with Crippen molar-refractivity contribution in [3.8, 4) is 17.3 Å². The van der Waals surface area contributed by atoms with Crippen molar-refractivity contribution >= 4 is 17.8 Å². The third-order valence-electron chi connectivity index (χ3n) is 3.36. The molecule has 2 aromatic rings. The van der Waals surface area contributed by atoms with Gasteiger partial charge in [0.05, 0.1) is 31.5 Å². The molecule has 0 fully saturated rings. The molecule has 0 aliphatic heterocycles. The number of nitro groups is 1. The Bertz CT molecular complexity index is 803. The summed E-state index contributed by atoms with van der Waals surface area (Å²) < 4.78 is 15.3. The Morgan fingerprint density at radius 1 is 1.19 bits per heavy atom. The van der Waals surface area contributed by atoms with Gasteiger partial charge >= 0.3 is 11.9 Å². The van der Waals surface area contributed by atoms with Crippen LogP contribution in [-0.4, -0.2) is 58.0 Å². The van der Waals surface area contributed by atoms with Gasteiger partial charge in [-0.3, -0.25) is 19.7 Å². The van der Waals surface area contributed by atoms with Gasteiger partial charge in [0.1, 0.15) is 18.1 Å². The van der Waals surface area contributed by atoms with Crippen LogP contribution >= 0.6 is 0 Å². The lowest BCUT2D eigenvalue weighted by molar-refractivity contribution is -0.401. The highest BCUT2D eigenvalue weighted by Gasteiger charge is 2.15. The van der Waals surface area contributed by atoms with Crippen LogP contribution in [0.15, 0.2) is 28.9 Å². The molecule has 0 saturated heterocycles. The van der Waals surface area contributed by atoms with Crippen LogP contribution in [-0.2, 0) is 14.3 Å². The fourth-order valence-corrected chi connectivity index (χ4v) is 2.06. The van der Waals surface area contributed by atoms with Gasteiger partial charge < -0.3 is 18.8 Å². The van der Waals surface area contributed by atoms with Gasteiger partial charge in [-0.2, -0.15) is 0 Å². The number of aromatic nitrogens is 2. The van der Waals surface area contributed by atoms with Gasteiger partial charge in [-0.1, -0.05) is 0 Å². The van der Waals surface area contributed by atoms with E-state index in [9.17, 15) is 19.7 Å². The van der Waals surface area contributed by atoms with Crippen LogP contribution in [0.5, 0.6) is 5.75 Å². The van der Waals surface area contributed by atoms with Crippen molar-refractivity contribution in [3.63, 3.8) is 0 Å². The zero-order chi connectivity index (χ0) is 19.8. The smallest absolute Gasteiger partial charge is 0.433 e. The van der Waals surface area contributed by atoms with Crippen LogP contribution in [0, 0.1) is 10.1 Å². The second-order valence-corrected chi connectivity index (χ2v) is 5.33. The number of furan rings is 1. The highest BCUT2D eigenvalue weighted by molar-refractivity contribution is 5.73. The topological polar surface area (TPSA) is 138 Å². The van der Waals surface area contributed by atoms with Crippen LogP contribution in [0.2, 0.25) is 0 Å². The van der Waals surface area contributed by atoms with Crippen molar-refractivity contribution in [2.24, 2.45) is 0 Å². The minimum absolute atomic E-state index is 0.113. The highest BCUT2D eigenvalue weighted by atomic mass is 16.6. The number of amides is 1. The minimum atomic E-state index is -0.650. The van der Waals surface area contributed by atoms with Gasteiger partial charge in [0.15, 0.2) is 17.3 Å². The van der Waals surface area contributed by atoms with E-state index >= 15 is 0 Å². The Morgan fingerprint density at radius 2 is 1.85 bits per heavy atom. The molecule has 144 valence electrons. The lowest BCUT2D eigenvalue weighted by atomic mass is 10.4. The molecular formula is C16H18N4O7. The van der Waals surface area contributed by atoms with Crippen LogP contribution in [0.4, 0.5) is 5.88 Å². The number of hydrogen-bond donors (Lipinski definition) is 0. The van der Waals surface area contributed by atoms with E-state index in [4.69, 9.17) is 13.9 Å². The summed E-state index contributed by atoms with van der Waals surface area (Å²) in [5.41, 5.74) is 0. The Labute approximate surface area is 154 Å². The Hall–Kier alpha value is -3.50. The van der Waals surface area contributed by atoms with Crippen molar-refractivity contribution < 1.29 is 28.4 Å². The first kappa shape index (κ1) is 19.8. The second-order valence-electron chi connectivity index (χ2n) is 5.33. The summed E-state index contributed by atoms with van der Waals surface area (Å²) in [5.74, 6) is -0.260. The molecule has 0 spiro atoms. The zero-order valence-electron chi connectivity index (χ0n) is 14.8. The molecule has 0 aromatic carbocycles. The average molecular weight is 378 g/mol. The van der Waals surface area contributed by atoms with Crippen molar-refractivity contribution in [2.45, 2.75) is 13.8 Å². The molecule has 0 unspecified atom stereocenters. The summed E-state index contributed by atoms with van der Waals surface area (Å²) in [6.45, 7) is 3.57. The van der Waals surface area contributed by atoms with E-state index in [2.05, 4.69) is 9.97 Å². The highest BCUT2D eigenvalue weighted by Crippen LogP contribution is 2.23. The van der Waals surface area contributed by atoms with Gasteiger partial charge in [0.2, 0.25) is 5.91 Å². The predicted molar refractivity (Wildman–Crippen MR) is 90.8 cm³/mol. The standard InChI is InChI=1S/C16H18N4O7/c1-11(21)19(5-7-25-12(2)22)6-8-26-13-9-17-16(18-10-13)14-3-4-15(27-14)20(23)24/h3-4,9-10H,5-8H2,1-2H3. The molecule has 27 heavy (non-hydrogen) atoms. The molecule has 2 aromatic heterocycles. The van der Waals surface area contributed by atoms with E-state index < -0.39 is 16.8 Å². The molecule has 2 heterocycles. The van der Waals surface area contributed by atoms with Gasteiger partial charge in [0, 0.05) is 13.8 Å². The predicted octanol–water partition coefficient (Wildman–Crippen LogP) is 1.44. The normalized spacial score (nSPS) is 10.3. The lowest BCUT2D eigenvalue weighted by Crippen LogP contribution is -2.35. The third-order valence-corrected chi connectivity index (χ3v) is 3.36. The second kappa shape index (κ2) is 9.27. The van der Waals surface area contributed by atoms with Crippen LogP contribution in [0.25, 0.3) is 11.6 Å². The number of esters is 1. The van der Waals surface area contributed by atoms with Gasteiger partial charge in [0.25, 0.3) is 0 Å².